The number of hydrogen-bond donors (Lipinski definition) is 3. The van der Waals surface area contributed by atoms with Crippen LogP contribution in [0.4, 0.5) is 0 Å². The van der Waals surface area contributed by atoms with Crippen LogP contribution in [0, 0.1) is 5.92 Å². The smallest absolute Gasteiger partial charge is 0.237 e. The summed E-state index contributed by atoms with van der Waals surface area (Å²) in [6.45, 7) is 4.40. The minimum absolute atomic E-state index is 0.179. The van der Waals surface area contributed by atoms with Crippen LogP contribution in [-0.2, 0) is 9.53 Å². The summed E-state index contributed by atoms with van der Waals surface area (Å²) in [4.78, 5) is 11.4. The summed E-state index contributed by atoms with van der Waals surface area (Å²) < 4.78 is 4.73. The number of aliphatic hydroxyl groups is 1. The largest absolute Gasteiger partial charge is 0.389 e. The second-order valence-electron chi connectivity index (χ2n) is 4.09. The van der Waals surface area contributed by atoms with E-state index in [0.29, 0.717) is 12.3 Å². The van der Waals surface area contributed by atoms with Crippen LogP contribution in [0.2, 0.25) is 0 Å². The van der Waals surface area contributed by atoms with Gasteiger partial charge in [0.25, 0.3) is 0 Å². The van der Waals surface area contributed by atoms with Gasteiger partial charge in [0.2, 0.25) is 5.91 Å². The molecule has 0 aliphatic heterocycles. The standard InChI is InChI=1S/C10H22N2O3/c1-7(2)4-9(11)10(14)12-5-8(13)6-15-3/h7-9,13H,4-6,11H2,1-3H3,(H,12,14). The number of nitrogens with one attached hydrogen (secondary N) is 1. The summed E-state index contributed by atoms with van der Waals surface area (Å²) in [5.74, 6) is 0.161. The number of rotatable bonds is 7. The third kappa shape index (κ3) is 7.30. The normalized spacial score (nSPS) is 15.1. The van der Waals surface area contributed by atoms with Crippen molar-refractivity contribution >= 4 is 5.91 Å². The van der Waals surface area contributed by atoms with E-state index in [4.69, 9.17) is 10.5 Å². The van der Waals surface area contributed by atoms with Gasteiger partial charge in [0, 0.05) is 13.7 Å². The Labute approximate surface area is 91.0 Å². The third-order valence-electron chi connectivity index (χ3n) is 1.93. The molecule has 15 heavy (non-hydrogen) atoms. The monoisotopic (exact) mass is 218 g/mol. The average Bonchev–Trinajstić information content (AvgIpc) is 2.13. The van der Waals surface area contributed by atoms with Gasteiger partial charge >= 0.3 is 0 Å². The molecule has 0 saturated carbocycles. The van der Waals surface area contributed by atoms with E-state index in [0.717, 1.165) is 0 Å². The number of carbonyl (C=O) groups is 1. The van der Waals surface area contributed by atoms with Crippen LogP contribution < -0.4 is 11.1 Å². The number of methoxy groups -OCH3 is 1. The van der Waals surface area contributed by atoms with Gasteiger partial charge in [-0.3, -0.25) is 4.79 Å². The highest BCUT2D eigenvalue weighted by Crippen LogP contribution is 2.02. The molecule has 5 heteroatoms. The second kappa shape index (κ2) is 7.62. The number of carbonyl (C=O) groups excluding carboxylic acids is 1. The summed E-state index contributed by atoms with van der Waals surface area (Å²) in [5.41, 5.74) is 5.65. The van der Waals surface area contributed by atoms with Crippen LogP contribution >= 0.6 is 0 Å². The molecular weight excluding hydrogens is 196 g/mol. The van der Waals surface area contributed by atoms with E-state index in [2.05, 4.69) is 5.32 Å². The van der Waals surface area contributed by atoms with Gasteiger partial charge in [-0.05, 0) is 12.3 Å². The Morgan fingerprint density at radius 3 is 2.60 bits per heavy atom. The lowest BCUT2D eigenvalue weighted by Crippen LogP contribution is -2.44. The molecule has 2 atom stereocenters. The quantitative estimate of drug-likeness (QED) is 0.537. The molecule has 0 radical (unpaired) electrons. The van der Waals surface area contributed by atoms with E-state index in [1.165, 1.54) is 7.11 Å². The van der Waals surface area contributed by atoms with Crippen molar-refractivity contribution in [2.45, 2.75) is 32.4 Å². The van der Waals surface area contributed by atoms with E-state index in [-0.39, 0.29) is 19.1 Å². The fraction of sp³-hybridized carbons (Fsp3) is 0.900. The first-order valence-corrected chi connectivity index (χ1v) is 5.17. The predicted octanol–water partition coefficient (Wildman–Crippen LogP) is -0.517. The molecule has 2 unspecified atom stereocenters. The highest BCUT2D eigenvalue weighted by atomic mass is 16.5. The molecule has 0 aliphatic carbocycles. The Hall–Kier alpha value is -0.650. The summed E-state index contributed by atoms with van der Waals surface area (Å²) in [7, 11) is 1.50. The van der Waals surface area contributed by atoms with Gasteiger partial charge in [-0.15, -0.1) is 0 Å². The van der Waals surface area contributed by atoms with Gasteiger partial charge in [0.15, 0.2) is 0 Å². The maximum Gasteiger partial charge on any atom is 0.237 e. The van der Waals surface area contributed by atoms with E-state index in [1.807, 2.05) is 13.8 Å². The molecule has 0 fully saturated rings. The Bertz CT molecular complexity index is 186. The van der Waals surface area contributed by atoms with Crippen molar-refractivity contribution in [3.63, 3.8) is 0 Å². The van der Waals surface area contributed by atoms with Gasteiger partial charge in [0.05, 0.1) is 18.8 Å². The van der Waals surface area contributed by atoms with E-state index >= 15 is 0 Å². The molecule has 0 aromatic carbocycles. The topological polar surface area (TPSA) is 84.6 Å². The highest BCUT2D eigenvalue weighted by molar-refractivity contribution is 5.81. The molecule has 0 saturated heterocycles. The van der Waals surface area contributed by atoms with Crippen molar-refractivity contribution in [3.8, 4) is 0 Å². The summed E-state index contributed by atoms with van der Waals surface area (Å²) in [6, 6.07) is -0.500. The number of ether oxygens (including phenoxy) is 1. The van der Waals surface area contributed by atoms with Gasteiger partial charge in [-0.25, -0.2) is 0 Å². The second-order valence-corrected chi connectivity index (χ2v) is 4.09. The molecule has 0 bridgehead atoms. The maximum atomic E-state index is 11.4. The molecule has 0 heterocycles. The molecular formula is C10H22N2O3. The number of nitrogens with two attached hydrogens (primary N) is 1. The van der Waals surface area contributed by atoms with Gasteiger partial charge in [0.1, 0.15) is 0 Å². The van der Waals surface area contributed by atoms with Crippen molar-refractivity contribution in [1.29, 1.82) is 0 Å². The Balaban J connectivity index is 3.72. The Morgan fingerprint density at radius 2 is 2.13 bits per heavy atom. The average molecular weight is 218 g/mol. The zero-order valence-corrected chi connectivity index (χ0v) is 9.69. The fourth-order valence-corrected chi connectivity index (χ4v) is 1.22. The molecule has 0 spiro atoms. The zero-order valence-electron chi connectivity index (χ0n) is 9.69. The Morgan fingerprint density at radius 1 is 1.53 bits per heavy atom. The van der Waals surface area contributed by atoms with Crippen LogP contribution in [0.25, 0.3) is 0 Å². The molecule has 90 valence electrons. The molecule has 0 aromatic rings. The van der Waals surface area contributed by atoms with Crippen molar-refractivity contribution in [2.24, 2.45) is 11.7 Å². The summed E-state index contributed by atoms with van der Waals surface area (Å²) in [5, 5.41) is 11.9. The minimum Gasteiger partial charge on any atom is -0.389 e. The fourth-order valence-electron chi connectivity index (χ4n) is 1.22. The molecule has 0 aliphatic rings. The van der Waals surface area contributed by atoms with E-state index < -0.39 is 12.1 Å². The first-order valence-electron chi connectivity index (χ1n) is 5.17. The van der Waals surface area contributed by atoms with Crippen LogP contribution in [-0.4, -0.2) is 43.4 Å². The van der Waals surface area contributed by atoms with Crippen molar-refractivity contribution < 1.29 is 14.6 Å². The van der Waals surface area contributed by atoms with Crippen molar-refractivity contribution in [2.75, 3.05) is 20.3 Å². The maximum absolute atomic E-state index is 11.4. The van der Waals surface area contributed by atoms with Gasteiger partial charge < -0.3 is 20.9 Å². The van der Waals surface area contributed by atoms with Crippen LogP contribution in [0.1, 0.15) is 20.3 Å². The first-order chi connectivity index (χ1) is 6.97. The molecule has 5 nitrogen and oxygen atoms in total. The lowest BCUT2D eigenvalue weighted by atomic mass is 10.0. The Kier molecular flexibility index (Phi) is 7.29. The lowest BCUT2D eigenvalue weighted by Gasteiger charge is -2.16. The number of amides is 1. The molecule has 1 amide bonds. The first kappa shape index (κ1) is 14.3. The number of aliphatic hydroxyl groups excluding tert-OH is 1. The molecule has 0 rings (SSSR count). The van der Waals surface area contributed by atoms with Crippen LogP contribution in [0.3, 0.4) is 0 Å². The number of hydrogen-bond acceptors (Lipinski definition) is 4. The van der Waals surface area contributed by atoms with Crippen LogP contribution in [0.15, 0.2) is 0 Å². The summed E-state index contributed by atoms with van der Waals surface area (Å²) >= 11 is 0. The third-order valence-corrected chi connectivity index (χ3v) is 1.93. The van der Waals surface area contributed by atoms with Gasteiger partial charge in [-0.2, -0.15) is 0 Å². The molecule has 0 aromatic heterocycles. The summed E-state index contributed by atoms with van der Waals surface area (Å²) in [6.07, 6.45) is -0.0307. The minimum atomic E-state index is -0.676. The predicted molar refractivity (Wildman–Crippen MR) is 58.3 cm³/mol. The van der Waals surface area contributed by atoms with Crippen LogP contribution in [0.5, 0.6) is 0 Å². The van der Waals surface area contributed by atoms with Crippen molar-refractivity contribution in [3.05, 3.63) is 0 Å². The molecule has 4 N–H and O–H groups in total. The SMILES string of the molecule is COCC(O)CNC(=O)C(N)CC(C)C. The lowest BCUT2D eigenvalue weighted by molar-refractivity contribution is -0.123. The van der Waals surface area contributed by atoms with Crippen molar-refractivity contribution in [1.82, 2.24) is 5.32 Å². The van der Waals surface area contributed by atoms with E-state index in [9.17, 15) is 9.90 Å². The van der Waals surface area contributed by atoms with Gasteiger partial charge in [-0.1, -0.05) is 13.8 Å². The highest BCUT2D eigenvalue weighted by Gasteiger charge is 2.15. The van der Waals surface area contributed by atoms with E-state index in [1.54, 1.807) is 0 Å². The zero-order chi connectivity index (χ0) is 11.8.